The van der Waals surface area contributed by atoms with E-state index >= 15 is 0 Å². The highest BCUT2D eigenvalue weighted by Gasteiger charge is 2.40. The van der Waals surface area contributed by atoms with Gasteiger partial charge in [0.1, 0.15) is 18.0 Å². The zero-order valence-electron chi connectivity index (χ0n) is 18.6. The molecule has 32 heavy (non-hydrogen) atoms. The Hall–Kier alpha value is -1.69. The molecule has 0 fully saturated rings. The van der Waals surface area contributed by atoms with Gasteiger partial charge in [0.05, 0.1) is 16.2 Å². The minimum absolute atomic E-state index is 0.101. The average molecular weight is 560 g/mol. The number of ether oxygens (including phenoxy) is 2. The highest BCUT2D eigenvalue weighted by atomic mass is 127. The molecule has 1 aliphatic rings. The second-order valence-corrected chi connectivity index (χ2v) is 8.60. The fourth-order valence-corrected chi connectivity index (χ4v) is 4.14. The minimum atomic E-state index is -1.01. The number of aliphatic hydroxyl groups excluding tert-OH is 2. The Bertz CT molecular complexity index is 788. The van der Waals surface area contributed by atoms with Crippen molar-refractivity contribution in [2.45, 2.75) is 51.4 Å². The first kappa shape index (κ1) is 26.6. The molecule has 0 aliphatic heterocycles. The van der Waals surface area contributed by atoms with Crippen LogP contribution in [0.15, 0.2) is 35.9 Å². The van der Waals surface area contributed by atoms with E-state index in [-0.39, 0.29) is 37.8 Å². The van der Waals surface area contributed by atoms with Gasteiger partial charge in [0, 0.05) is 44.7 Å². The summed E-state index contributed by atoms with van der Waals surface area (Å²) in [6.07, 6.45) is 0.911. The highest BCUT2D eigenvalue weighted by molar-refractivity contribution is 14.1. The summed E-state index contributed by atoms with van der Waals surface area (Å²) in [5, 5.41) is 22.9. The van der Waals surface area contributed by atoms with Crippen LogP contribution in [0.25, 0.3) is 0 Å². The number of rotatable bonds is 12. The second-order valence-electron chi connectivity index (χ2n) is 7.44. The van der Waals surface area contributed by atoms with Crippen LogP contribution in [0.5, 0.6) is 5.75 Å². The van der Waals surface area contributed by atoms with Gasteiger partial charge in [-0.15, -0.1) is 0 Å². The van der Waals surface area contributed by atoms with Crippen LogP contribution in [0.4, 0.5) is 0 Å². The van der Waals surface area contributed by atoms with Crippen LogP contribution in [0.3, 0.4) is 0 Å². The molecule has 9 heteroatoms. The predicted molar refractivity (Wildman–Crippen MR) is 129 cm³/mol. The lowest BCUT2D eigenvalue weighted by molar-refractivity contribution is -0.138. The molecular weight excluding hydrogens is 527 g/mol. The molecule has 1 aromatic carbocycles. The fourth-order valence-electron chi connectivity index (χ4n) is 3.63. The van der Waals surface area contributed by atoms with E-state index in [0.29, 0.717) is 37.5 Å². The van der Waals surface area contributed by atoms with E-state index in [1.54, 1.807) is 24.0 Å². The number of hydrogen-bond donors (Lipinski definition) is 3. The summed E-state index contributed by atoms with van der Waals surface area (Å²) in [5.74, 6) is 0.148. The van der Waals surface area contributed by atoms with Crippen LogP contribution >= 0.6 is 22.6 Å². The van der Waals surface area contributed by atoms with Crippen LogP contribution in [-0.4, -0.2) is 78.1 Å². The maximum atomic E-state index is 12.8. The Balaban J connectivity index is 2.32. The molecule has 0 radical (unpaired) electrons. The molecule has 2 amide bonds. The lowest BCUT2D eigenvalue weighted by Crippen LogP contribution is -2.55. The summed E-state index contributed by atoms with van der Waals surface area (Å²) in [7, 11) is 0. The SMILES string of the molecule is CCOCCCN(C(=O)CC)[C@@H]1CC(C(=O)NCCO)=C[C@H](Oc2ccccc2I)[C@H]1O. The number of nitrogens with one attached hydrogen (secondary N) is 1. The number of carbonyl (C=O) groups excluding carboxylic acids is 2. The van der Waals surface area contributed by atoms with E-state index in [1.807, 2.05) is 25.1 Å². The summed E-state index contributed by atoms with van der Waals surface area (Å²) in [6, 6.07) is 6.80. The molecule has 1 aromatic rings. The molecule has 1 aliphatic carbocycles. The molecular formula is C23H33IN2O6. The van der Waals surface area contributed by atoms with Crippen molar-refractivity contribution in [3.05, 3.63) is 39.5 Å². The lowest BCUT2D eigenvalue weighted by Gasteiger charge is -2.40. The molecule has 0 spiro atoms. The van der Waals surface area contributed by atoms with Gasteiger partial charge < -0.3 is 29.9 Å². The van der Waals surface area contributed by atoms with Gasteiger partial charge in [0.15, 0.2) is 0 Å². The van der Waals surface area contributed by atoms with Crippen molar-refractivity contribution >= 4 is 34.4 Å². The van der Waals surface area contributed by atoms with Gasteiger partial charge in [-0.1, -0.05) is 19.1 Å². The molecule has 0 saturated carbocycles. The summed E-state index contributed by atoms with van der Waals surface area (Å²) in [5.41, 5.74) is 0.420. The molecule has 0 saturated heterocycles. The van der Waals surface area contributed by atoms with Gasteiger partial charge in [-0.3, -0.25) is 9.59 Å². The van der Waals surface area contributed by atoms with Crippen molar-refractivity contribution in [1.82, 2.24) is 10.2 Å². The fraction of sp³-hybridized carbons (Fsp3) is 0.565. The Morgan fingerprint density at radius 1 is 1.28 bits per heavy atom. The molecule has 3 N–H and O–H groups in total. The van der Waals surface area contributed by atoms with Gasteiger partial charge in [-0.05, 0) is 54.1 Å². The van der Waals surface area contributed by atoms with Crippen LogP contribution in [0.2, 0.25) is 0 Å². The van der Waals surface area contributed by atoms with Crippen LogP contribution in [0, 0.1) is 3.57 Å². The van der Waals surface area contributed by atoms with E-state index in [9.17, 15) is 14.7 Å². The second kappa shape index (κ2) is 13.8. The molecule has 0 heterocycles. The number of halogens is 1. The Kier molecular flexibility index (Phi) is 11.4. The van der Waals surface area contributed by atoms with Crippen molar-refractivity contribution in [3.8, 4) is 5.75 Å². The Labute approximate surface area is 203 Å². The number of nitrogens with zero attached hydrogens (tertiary/aromatic N) is 1. The number of para-hydroxylation sites is 1. The normalized spacial score (nSPS) is 20.4. The van der Waals surface area contributed by atoms with Gasteiger partial charge in [0.25, 0.3) is 0 Å². The Morgan fingerprint density at radius 2 is 2.03 bits per heavy atom. The van der Waals surface area contributed by atoms with Crippen molar-refractivity contribution in [2.75, 3.05) is 32.9 Å². The third kappa shape index (κ3) is 7.43. The average Bonchev–Trinajstić information content (AvgIpc) is 2.80. The smallest absolute Gasteiger partial charge is 0.247 e. The highest BCUT2D eigenvalue weighted by Crippen LogP contribution is 2.30. The summed E-state index contributed by atoms with van der Waals surface area (Å²) < 4.78 is 12.4. The number of carbonyl (C=O) groups is 2. The number of aliphatic hydroxyl groups is 2. The lowest BCUT2D eigenvalue weighted by atomic mass is 9.88. The zero-order chi connectivity index (χ0) is 23.5. The maximum Gasteiger partial charge on any atom is 0.247 e. The van der Waals surface area contributed by atoms with Gasteiger partial charge in [0.2, 0.25) is 11.8 Å². The summed E-state index contributed by atoms with van der Waals surface area (Å²) in [4.78, 5) is 27.1. The van der Waals surface area contributed by atoms with Crippen LogP contribution < -0.4 is 10.1 Å². The summed E-state index contributed by atoms with van der Waals surface area (Å²) >= 11 is 2.15. The van der Waals surface area contributed by atoms with Crippen molar-refractivity contribution in [3.63, 3.8) is 0 Å². The van der Waals surface area contributed by atoms with Crippen LogP contribution in [-0.2, 0) is 14.3 Å². The molecule has 2 rings (SSSR count). The van der Waals surface area contributed by atoms with E-state index in [4.69, 9.17) is 14.6 Å². The first-order chi connectivity index (χ1) is 15.4. The maximum absolute atomic E-state index is 12.8. The quantitative estimate of drug-likeness (QED) is 0.266. The van der Waals surface area contributed by atoms with E-state index < -0.39 is 18.2 Å². The molecule has 0 aromatic heterocycles. The number of amides is 2. The monoisotopic (exact) mass is 560 g/mol. The molecule has 3 atom stereocenters. The zero-order valence-corrected chi connectivity index (χ0v) is 20.8. The van der Waals surface area contributed by atoms with Crippen molar-refractivity contribution in [1.29, 1.82) is 0 Å². The van der Waals surface area contributed by atoms with Crippen molar-refractivity contribution in [2.24, 2.45) is 0 Å². The van der Waals surface area contributed by atoms with Gasteiger partial charge in [-0.25, -0.2) is 0 Å². The minimum Gasteiger partial charge on any atom is -0.482 e. The third-order valence-electron chi connectivity index (χ3n) is 5.23. The first-order valence-corrected chi connectivity index (χ1v) is 12.1. The third-order valence-corrected chi connectivity index (χ3v) is 6.12. The van der Waals surface area contributed by atoms with Crippen LogP contribution in [0.1, 0.15) is 33.1 Å². The largest absolute Gasteiger partial charge is 0.482 e. The van der Waals surface area contributed by atoms with Gasteiger partial charge in [-0.2, -0.15) is 0 Å². The molecule has 178 valence electrons. The molecule has 8 nitrogen and oxygen atoms in total. The standard InChI is InChI=1S/C23H33IN2O6/c1-3-21(28)26(11-7-13-31-4-2)18-14-16(23(30)25-10-12-27)15-20(22(18)29)32-19-9-6-5-8-17(19)24/h5-6,8-9,15,18,20,22,27,29H,3-4,7,10-14H2,1-2H3,(H,25,30)/t18-,20+,22+/m1/s1. The number of hydrogen-bond acceptors (Lipinski definition) is 6. The van der Waals surface area contributed by atoms with Gasteiger partial charge >= 0.3 is 0 Å². The summed E-state index contributed by atoms with van der Waals surface area (Å²) in [6.45, 7) is 5.15. The number of benzene rings is 1. The molecule has 0 unspecified atom stereocenters. The molecule has 0 bridgehead atoms. The van der Waals surface area contributed by atoms with E-state index in [0.717, 1.165) is 3.57 Å². The predicted octanol–water partition coefficient (Wildman–Crippen LogP) is 1.87. The van der Waals surface area contributed by atoms with E-state index in [1.165, 1.54) is 0 Å². The Morgan fingerprint density at radius 3 is 2.69 bits per heavy atom. The topological polar surface area (TPSA) is 108 Å². The first-order valence-electron chi connectivity index (χ1n) is 11.0. The van der Waals surface area contributed by atoms with E-state index in [2.05, 4.69) is 27.9 Å². The van der Waals surface area contributed by atoms with Crippen molar-refractivity contribution < 1.29 is 29.3 Å².